The maximum atomic E-state index is 6.06. The summed E-state index contributed by atoms with van der Waals surface area (Å²) in [4.78, 5) is 10.8. The van der Waals surface area contributed by atoms with E-state index in [0.717, 1.165) is 43.9 Å². The fourth-order valence-corrected chi connectivity index (χ4v) is 3.35. The average Bonchev–Trinajstić information content (AvgIpc) is 2.49. The fourth-order valence-electron chi connectivity index (χ4n) is 2.78. The monoisotopic (exact) mass is 336 g/mol. The molecule has 0 aliphatic carbocycles. The minimum Gasteiger partial charge on any atom is -0.366 e. The summed E-state index contributed by atoms with van der Waals surface area (Å²) in [5, 5.41) is 4.83. The van der Waals surface area contributed by atoms with Crippen LogP contribution >= 0.6 is 23.2 Å². The van der Waals surface area contributed by atoms with E-state index in [9.17, 15) is 0 Å². The number of benzene rings is 1. The van der Waals surface area contributed by atoms with Gasteiger partial charge in [0.15, 0.2) is 0 Å². The van der Waals surface area contributed by atoms with Crippen molar-refractivity contribution < 1.29 is 0 Å². The number of aromatic nitrogens is 2. The molecule has 0 unspecified atom stereocenters. The van der Waals surface area contributed by atoms with Crippen molar-refractivity contribution in [1.29, 1.82) is 0 Å². The molecular formula is C16H18Cl2N4. The van der Waals surface area contributed by atoms with Gasteiger partial charge in [0, 0.05) is 48.1 Å². The van der Waals surface area contributed by atoms with E-state index in [2.05, 4.69) is 20.2 Å². The summed E-state index contributed by atoms with van der Waals surface area (Å²) >= 11 is 12.1. The average molecular weight is 337 g/mol. The second kappa shape index (κ2) is 7.27. The summed E-state index contributed by atoms with van der Waals surface area (Å²) in [6, 6.07) is 6.19. The molecule has 0 radical (unpaired) electrons. The van der Waals surface area contributed by atoms with Crippen molar-refractivity contribution in [2.75, 3.05) is 18.4 Å². The Morgan fingerprint density at radius 2 is 1.82 bits per heavy atom. The lowest BCUT2D eigenvalue weighted by Gasteiger charge is -2.32. The number of likely N-dealkylation sites (tertiary alicyclic amines) is 1. The van der Waals surface area contributed by atoms with Crippen LogP contribution in [0.2, 0.25) is 10.0 Å². The second-order valence-electron chi connectivity index (χ2n) is 5.56. The molecule has 0 amide bonds. The van der Waals surface area contributed by atoms with Gasteiger partial charge in [-0.1, -0.05) is 23.2 Å². The predicted molar refractivity (Wildman–Crippen MR) is 90.4 cm³/mol. The number of rotatable bonds is 4. The van der Waals surface area contributed by atoms with Crippen molar-refractivity contribution in [2.24, 2.45) is 0 Å². The van der Waals surface area contributed by atoms with Gasteiger partial charge < -0.3 is 5.32 Å². The highest BCUT2D eigenvalue weighted by Crippen LogP contribution is 2.22. The maximum absolute atomic E-state index is 6.06. The lowest BCUT2D eigenvalue weighted by molar-refractivity contribution is 0.211. The molecule has 3 rings (SSSR count). The number of nitrogens with one attached hydrogen (secondary N) is 1. The van der Waals surface area contributed by atoms with Gasteiger partial charge in [0.2, 0.25) is 0 Å². The molecule has 6 heteroatoms. The quantitative estimate of drug-likeness (QED) is 0.920. The van der Waals surface area contributed by atoms with Crippen molar-refractivity contribution in [1.82, 2.24) is 14.9 Å². The van der Waals surface area contributed by atoms with Gasteiger partial charge in [-0.25, -0.2) is 4.98 Å². The maximum Gasteiger partial charge on any atom is 0.144 e. The minimum absolute atomic E-state index is 0.455. The van der Waals surface area contributed by atoms with Gasteiger partial charge >= 0.3 is 0 Å². The normalized spacial score (nSPS) is 16.6. The van der Waals surface area contributed by atoms with Crippen molar-refractivity contribution >= 4 is 29.0 Å². The molecule has 1 aromatic carbocycles. The molecular weight excluding hydrogens is 319 g/mol. The zero-order valence-electron chi connectivity index (χ0n) is 12.2. The third kappa shape index (κ3) is 4.32. The Labute approximate surface area is 140 Å². The first kappa shape index (κ1) is 15.5. The van der Waals surface area contributed by atoms with Gasteiger partial charge in [0.25, 0.3) is 0 Å². The van der Waals surface area contributed by atoms with E-state index in [1.54, 1.807) is 24.7 Å². The number of halogens is 2. The highest BCUT2D eigenvalue weighted by atomic mass is 35.5. The number of nitrogens with zero attached hydrogens (tertiary/aromatic N) is 3. The zero-order chi connectivity index (χ0) is 15.4. The van der Waals surface area contributed by atoms with Crippen LogP contribution in [-0.2, 0) is 6.54 Å². The number of piperidine rings is 1. The summed E-state index contributed by atoms with van der Waals surface area (Å²) in [6.07, 6.45) is 7.33. The van der Waals surface area contributed by atoms with Crippen LogP contribution in [0.15, 0.2) is 36.8 Å². The Kier molecular flexibility index (Phi) is 5.13. The van der Waals surface area contributed by atoms with Crippen LogP contribution in [0.4, 0.5) is 5.82 Å². The van der Waals surface area contributed by atoms with Crippen molar-refractivity contribution in [3.8, 4) is 0 Å². The largest absolute Gasteiger partial charge is 0.366 e. The van der Waals surface area contributed by atoms with E-state index < -0.39 is 0 Å². The van der Waals surface area contributed by atoms with Crippen molar-refractivity contribution in [2.45, 2.75) is 25.4 Å². The van der Waals surface area contributed by atoms with Gasteiger partial charge in [0.05, 0.1) is 6.20 Å². The molecule has 0 bridgehead atoms. The molecule has 1 saturated heterocycles. The summed E-state index contributed by atoms with van der Waals surface area (Å²) in [6.45, 7) is 2.97. The van der Waals surface area contributed by atoms with Crippen LogP contribution in [0, 0.1) is 0 Å². The number of anilines is 1. The van der Waals surface area contributed by atoms with Crippen LogP contribution in [0.1, 0.15) is 18.4 Å². The van der Waals surface area contributed by atoms with E-state index in [1.807, 2.05) is 12.1 Å². The molecule has 0 spiro atoms. The number of hydrogen-bond donors (Lipinski definition) is 1. The van der Waals surface area contributed by atoms with Crippen LogP contribution in [0.3, 0.4) is 0 Å². The number of hydrogen-bond acceptors (Lipinski definition) is 4. The Morgan fingerprint density at radius 3 is 2.45 bits per heavy atom. The van der Waals surface area contributed by atoms with E-state index in [0.29, 0.717) is 16.1 Å². The van der Waals surface area contributed by atoms with Gasteiger partial charge in [-0.3, -0.25) is 9.88 Å². The van der Waals surface area contributed by atoms with Crippen LogP contribution in [0.5, 0.6) is 0 Å². The van der Waals surface area contributed by atoms with E-state index in [4.69, 9.17) is 23.2 Å². The first-order chi connectivity index (χ1) is 10.7. The molecule has 1 aliphatic heterocycles. The Bertz CT molecular complexity index is 593. The molecule has 2 aromatic rings. The summed E-state index contributed by atoms with van der Waals surface area (Å²) < 4.78 is 0. The third-order valence-corrected chi connectivity index (χ3v) is 4.27. The Morgan fingerprint density at radius 1 is 1.09 bits per heavy atom. The fraction of sp³-hybridized carbons (Fsp3) is 0.375. The van der Waals surface area contributed by atoms with Crippen LogP contribution < -0.4 is 5.32 Å². The van der Waals surface area contributed by atoms with Gasteiger partial charge in [0.1, 0.15) is 5.82 Å². The topological polar surface area (TPSA) is 41.0 Å². The molecule has 116 valence electrons. The first-order valence-corrected chi connectivity index (χ1v) is 8.14. The third-order valence-electron chi connectivity index (χ3n) is 3.83. The van der Waals surface area contributed by atoms with Crippen LogP contribution in [0.25, 0.3) is 0 Å². The molecule has 1 N–H and O–H groups in total. The lowest BCUT2D eigenvalue weighted by Crippen LogP contribution is -2.38. The van der Waals surface area contributed by atoms with Gasteiger partial charge in [-0.05, 0) is 36.6 Å². The molecule has 4 nitrogen and oxygen atoms in total. The molecule has 0 atom stereocenters. The Hall–Kier alpha value is -1.36. The predicted octanol–water partition coefficient (Wildman–Crippen LogP) is 3.86. The Balaban J connectivity index is 1.51. The molecule has 22 heavy (non-hydrogen) atoms. The van der Waals surface area contributed by atoms with Crippen molar-refractivity contribution in [3.63, 3.8) is 0 Å². The van der Waals surface area contributed by atoms with E-state index in [1.165, 1.54) is 0 Å². The molecule has 1 fully saturated rings. The second-order valence-corrected chi connectivity index (χ2v) is 6.44. The summed E-state index contributed by atoms with van der Waals surface area (Å²) in [7, 11) is 0. The lowest BCUT2D eigenvalue weighted by atomic mass is 10.0. The van der Waals surface area contributed by atoms with Crippen molar-refractivity contribution in [3.05, 3.63) is 52.4 Å². The molecule has 1 aliphatic rings. The highest BCUT2D eigenvalue weighted by molar-refractivity contribution is 6.34. The molecule has 0 saturated carbocycles. The zero-order valence-corrected chi connectivity index (χ0v) is 13.7. The van der Waals surface area contributed by atoms with Gasteiger partial charge in [-0.2, -0.15) is 0 Å². The smallest absolute Gasteiger partial charge is 0.144 e. The van der Waals surface area contributed by atoms with Crippen LogP contribution in [-0.4, -0.2) is 34.0 Å². The SMILES string of the molecule is Clc1cc(Cl)cc(CN2CCC(Nc3cnccn3)CC2)c1. The minimum atomic E-state index is 0.455. The molecule has 1 aromatic heterocycles. The molecule has 2 heterocycles. The summed E-state index contributed by atoms with van der Waals surface area (Å²) in [5.41, 5.74) is 1.16. The standard InChI is InChI=1S/C16H18Cl2N4/c17-13-7-12(8-14(18)9-13)11-22-5-1-15(2-6-22)21-16-10-19-3-4-20-16/h3-4,7-10,15H,1-2,5-6,11H2,(H,20,21). The van der Waals surface area contributed by atoms with E-state index in [-0.39, 0.29) is 0 Å². The summed E-state index contributed by atoms with van der Waals surface area (Å²) in [5.74, 6) is 0.850. The van der Waals surface area contributed by atoms with E-state index >= 15 is 0 Å². The highest BCUT2D eigenvalue weighted by Gasteiger charge is 2.19. The van der Waals surface area contributed by atoms with Gasteiger partial charge in [-0.15, -0.1) is 0 Å². The first-order valence-electron chi connectivity index (χ1n) is 7.39.